The van der Waals surface area contributed by atoms with E-state index in [0.29, 0.717) is 27.7 Å². The molecule has 0 unspecified atom stereocenters. The third kappa shape index (κ3) is 5.40. The topological polar surface area (TPSA) is 80.3 Å². The largest absolute Gasteiger partial charge is 0.497 e. The fraction of sp³-hybridized carbons (Fsp3) is 0.0870. The minimum Gasteiger partial charge on any atom is -0.497 e. The molecule has 1 heterocycles. The molecule has 0 atom stereocenters. The van der Waals surface area contributed by atoms with Crippen molar-refractivity contribution in [3.63, 3.8) is 0 Å². The van der Waals surface area contributed by atoms with Crippen molar-refractivity contribution in [3.05, 3.63) is 77.3 Å². The lowest BCUT2D eigenvalue weighted by molar-refractivity contribution is -0.113. The number of fused-ring (bicyclic) bond motifs is 1. The van der Waals surface area contributed by atoms with E-state index in [1.165, 1.54) is 23.1 Å². The van der Waals surface area contributed by atoms with Crippen LogP contribution in [0.15, 0.2) is 71.1 Å². The Labute approximate surface area is 198 Å². The van der Waals surface area contributed by atoms with E-state index in [2.05, 4.69) is 15.6 Å². The van der Waals surface area contributed by atoms with E-state index in [1.54, 1.807) is 55.6 Å². The summed E-state index contributed by atoms with van der Waals surface area (Å²) < 4.78 is 6.86. The zero-order valence-corrected chi connectivity index (χ0v) is 19.3. The van der Waals surface area contributed by atoms with E-state index in [-0.39, 0.29) is 17.6 Å². The van der Waals surface area contributed by atoms with Crippen molar-refractivity contribution in [1.29, 1.82) is 0 Å². The summed E-state index contributed by atoms with van der Waals surface area (Å²) in [5, 5.41) is 6.19. The third-order valence-electron chi connectivity index (χ3n) is 4.43. The fourth-order valence-corrected chi connectivity index (χ4v) is 4.98. The van der Waals surface area contributed by atoms with Crippen LogP contribution in [0, 0.1) is 0 Å². The first kappa shape index (κ1) is 22.1. The maximum atomic E-state index is 12.5. The summed E-state index contributed by atoms with van der Waals surface area (Å²) in [7, 11) is 1.56. The second-order valence-corrected chi connectivity index (χ2v) is 9.33. The zero-order valence-electron chi connectivity index (χ0n) is 16.9. The minimum atomic E-state index is -0.224. The van der Waals surface area contributed by atoms with Gasteiger partial charge in [-0.1, -0.05) is 41.6 Å². The quantitative estimate of drug-likeness (QED) is 0.318. The SMILES string of the molecule is COc1cccc(C(=O)Nc2ccc3nc(SCC(=O)Nc4ccccc4Cl)sc3c2)c1. The van der Waals surface area contributed by atoms with Crippen molar-refractivity contribution in [3.8, 4) is 5.75 Å². The highest BCUT2D eigenvalue weighted by atomic mass is 35.5. The summed E-state index contributed by atoms with van der Waals surface area (Å²) in [5.41, 5.74) is 2.57. The molecule has 3 aromatic carbocycles. The van der Waals surface area contributed by atoms with Crippen molar-refractivity contribution in [2.45, 2.75) is 4.34 Å². The number of aromatic nitrogens is 1. The molecular weight excluding hydrogens is 466 g/mol. The first-order chi connectivity index (χ1) is 15.5. The molecule has 2 amide bonds. The summed E-state index contributed by atoms with van der Waals surface area (Å²) in [6, 6.07) is 19.6. The average molecular weight is 484 g/mol. The Balaban J connectivity index is 1.39. The Hall–Kier alpha value is -3.07. The van der Waals surface area contributed by atoms with Gasteiger partial charge in [-0.25, -0.2) is 4.98 Å². The number of ether oxygens (including phenoxy) is 1. The molecule has 6 nitrogen and oxygen atoms in total. The van der Waals surface area contributed by atoms with E-state index in [4.69, 9.17) is 16.3 Å². The number of anilines is 2. The van der Waals surface area contributed by atoms with Crippen LogP contribution in [-0.2, 0) is 4.79 Å². The third-order valence-corrected chi connectivity index (χ3v) is 6.92. The van der Waals surface area contributed by atoms with E-state index in [1.807, 2.05) is 18.2 Å². The number of thioether (sulfide) groups is 1. The number of rotatable bonds is 7. The van der Waals surface area contributed by atoms with Crippen LogP contribution in [-0.4, -0.2) is 29.7 Å². The monoisotopic (exact) mass is 483 g/mol. The Kier molecular flexibility index (Phi) is 6.94. The highest BCUT2D eigenvalue weighted by Crippen LogP contribution is 2.32. The molecule has 0 aliphatic rings. The number of hydrogen-bond acceptors (Lipinski definition) is 6. The molecule has 0 spiro atoms. The normalized spacial score (nSPS) is 10.7. The van der Waals surface area contributed by atoms with Gasteiger partial charge in [-0.15, -0.1) is 11.3 Å². The lowest BCUT2D eigenvalue weighted by Gasteiger charge is -2.06. The summed E-state index contributed by atoms with van der Waals surface area (Å²) >= 11 is 8.89. The van der Waals surface area contributed by atoms with Gasteiger partial charge in [0.1, 0.15) is 5.75 Å². The zero-order chi connectivity index (χ0) is 22.5. The number of methoxy groups -OCH3 is 1. The first-order valence-corrected chi connectivity index (χ1v) is 11.7. The molecule has 0 aliphatic heterocycles. The summed E-state index contributed by atoms with van der Waals surface area (Å²) in [4.78, 5) is 29.3. The molecule has 0 saturated carbocycles. The smallest absolute Gasteiger partial charge is 0.255 e. The maximum absolute atomic E-state index is 12.5. The Morgan fingerprint density at radius 3 is 2.72 bits per heavy atom. The van der Waals surface area contributed by atoms with Gasteiger partial charge in [-0.05, 0) is 48.5 Å². The van der Waals surface area contributed by atoms with Gasteiger partial charge >= 0.3 is 0 Å². The number of benzene rings is 3. The second kappa shape index (κ2) is 10.0. The van der Waals surface area contributed by atoms with E-state index < -0.39 is 0 Å². The van der Waals surface area contributed by atoms with Crippen molar-refractivity contribution in [1.82, 2.24) is 4.98 Å². The van der Waals surface area contributed by atoms with Crippen LogP contribution in [0.5, 0.6) is 5.75 Å². The van der Waals surface area contributed by atoms with Crippen LogP contribution in [0.25, 0.3) is 10.2 Å². The predicted molar refractivity (Wildman–Crippen MR) is 131 cm³/mol. The first-order valence-electron chi connectivity index (χ1n) is 9.55. The number of hydrogen-bond donors (Lipinski definition) is 2. The fourth-order valence-electron chi connectivity index (χ4n) is 2.89. The number of nitrogens with one attached hydrogen (secondary N) is 2. The number of amides is 2. The van der Waals surface area contributed by atoms with E-state index >= 15 is 0 Å². The highest BCUT2D eigenvalue weighted by Gasteiger charge is 2.12. The molecule has 32 heavy (non-hydrogen) atoms. The lowest BCUT2D eigenvalue weighted by Crippen LogP contribution is -2.14. The van der Waals surface area contributed by atoms with E-state index in [0.717, 1.165) is 14.6 Å². The summed E-state index contributed by atoms with van der Waals surface area (Å²) in [5.74, 6) is 0.452. The lowest BCUT2D eigenvalue weighted by atomic mass is 10.2. The number of para-hydroxylation sites is 1. The molecule has 2 N–H and O–H groups in total. The number of thiazole rings is 1. The molecule has 0 bridgehead atoms. The van der Waals surface area contributed by atoms with Gasteiger partial charge in [0.05, 0.1) is 33.8 Å². The molecular formula is C23H18ClN3O3S2. The summed E-state index contributed by atoms with van der Waals surface area (Å²) in [6.45, 7) is 0. The van der Waals surface area contributed by atoms with E-state index in [9.17, 15) is 9.59 Å². The summed E-state index contributed by atoms with van der Waals surface area (Å²) in [6.07, 6.45) is 0. The van der Waals surface area contributed by atoms with Crippen molar-refractivity contribution in [2.75, 3.05) is 23.5 Å². The standard InChI is InChI=1S/C23H18ClN3O3S2/c1-30-16-6-4-5-14(11-16)22(29)25-15-9-10-19-20(12-15)32-23(27-19)31-13-21(28)26-18-8-3-2-7-17(18)24/h2-12H,13H2,1H3,(H,25,29)(H,26,28). The average Bonchev–Trinajstić information content (AvgIpc) is 3.21. The van der Waals surface area contributed by atoms with Crippen molar-refractivity contribution >= 4 is 68.1 Å². The van der Waals surface area contributed by atoms with Crippen LogP contribution in [0.2, 0.25) is 5.02 Å². The molecule has 0 fully saturated rings. The van der Waals surface area contributed by atoms with Crippen LogP contribution in [0.1, 0.15) is 10.4 Å². The van der Waals surface area contributed by atoms with Crippen LogP contribution >= 0.6 is 34.7 Å². The molecule has 0 saturated heterocycles. The second-order valence-electron chi connectivity index (χ2n) is 6.67. The Bertz CT molecular complexity index is 1290. The van der Waals surface area contributed by atoms with Crippen LogP contribution < -0.4 is 15.4 Å². The molecule has 9 heteroatoms. The van der Waals surface area contributed by atoms with Crippen molar-refractivity contribution < 1.29 is 14.3 Å². The van der Waals surface area contributed by atoms with Crippen LogP contribution in [0.4, 0.5) is 11.4 Å². The Morgan fingerprint density at radius 1 is 1.06 bits per heavy atom. The van der Waals surface area contributed by atoms with Gasteiger partial charge < -0.3 is 15.4 Å². The minimum absolute atomic E-state index is 0.159. The van der Waals surface area contributed by atoms with Gasteiger partial charge in [-0.3, -0.25) is 9.59 Å². The number of nitrogens with zero attached hydrogens (tertiary/aromatic N) is 1. The molecule has 162 valence electrons. The van der Waals surface area contributed by atoms with Gasteiger partial charge in [0.2, 0.25) is 5.91 Å². The highest BCUT2D eigenvalue weighted by molar-refractivity contribution is 8.01. The van der Waals surface area contributed by atoms with Gasteiger partial charge in [0, 0.05) is 11.3 Å². The van der Waals surface area contributed by atoms with Crippen molar-refractivity contribution in [2.24, 2.45) is 0 Å². The number of halogens is 1. The molecule has 4 aromatic rings. The van der Waals surface area contributed by atoms with Gasteiger partial charge in [0.15, 0.2) is 4.34 Å². The molecule has 1 aromatic heterocycles. The Morgan fingerprint density at radius 2 is 1.91 bits per heavy atom. The number of carbonyl (C=O) groups is 2. The van der Waals surface area contributed by atoms with Gasteiger partial charge in [-0.2, -0.15) is 0 Å². The molecule has 0 radical (unpaired) electrons. The predicted octanol–water partition coefficient (Wildman–Crippen LogP) is 5.94. The molecule has 4 rings (SSSR count). The van der Waals surface area contributed by atoms with Crippen LogP contribution in [0.3, 0.4) is 0 Å². The maximum Gasteiger partial charge on any atom is 0.255 e. The van der Waals surface area contributed by atoms with Gasteiger partial charge in [0.25, 0.3) is 5.91 Å². The molecule has 0 aliphatic carbocycles. The number of carbonyl (C=O) groups excluding carboxylic acids is 2.